The number of rotatable bonds is 0. The summed E-state index contributed by atoms with van der Waals surface area (Å²) in [7, 11) is 0. The van der Waals surface area contributed by atoms with E-state index in [1.54, 1.807) is 38.5 Å². The van der Waals surface area contributed by atoms with Gasteiger partial charge in [0.1, 0.15) is 0 Å². The van der Waals surface area contributed by atoms with Gasteiger partial charge in [0.15, 0.2) is 0 Å². The van der Waals surface area contributed by atoms with Gasteiger partial charge in [-0.3, -0.25) is 0 Å². The zero-order chi connectivity index (χ0) is 12.7. The van der Waals surface area contributed by atoms with Crippen molar-refractivity contribution in [2.45, 2.75) is 57.8 Å². The van der Waals surface area contributed by atoms with Crippen LogP contribution in [0, 0.1) is 35.5 Å². The van der Waals surface area contributed by atoms with E-state index in [4.69, 9.17) is 0 Å². The maximum absolute atomic E-state index is 2.38. The normalized spacial score (nSPS) is 48.8. The van der Waals surface area contributed by atoms with Crippen LogP contribution in [-0.4, -0.2) is 0 Å². The quantitative estimate of drug-likeness (QED) is 0.512. The largest absolute Gasteiger partial charge is 0.0882 e. The van der Waals surface area contributed by atoms with Gasteiger partial charge in [-0.1, -0.05) is 30.7 Å². The minimum absolute atomic E-state index is 0.898. The predicted molar refractivity (Wildman–Crippen MR) is 80.8 cm³/mol. The Bertz CT molecular complexity index is 361. The molecule has 0 N–H and O–H groups in total. The molecule has 0 spiro atoms. The standard InChI is InChI=1S/C10H16.C9H12/c1-2-9-7-4-5-8(6-7)10(9)3-1;1-2-5-9-7-3-6-8(9)4-1/h7-10H,1-6H2;1-3,6,8-9H,4-5,7H2. The first-order valence-electron chi connectivity index (χ1n) is 8.73. The predicted octanol–water partition coefficient (Wildman–Crippen LogP) is 5.36. The third kappa shape index (κ3) is 2.22. The summed E-state index contributed by atoms with van der Waals surface area (Å²) in [6, 6.07) is 0. The molecule has 0 aromatic rings. The molecule has 0 heteroatoms. The summed E-state index contributed by atoms with van der Waals surface area (Å²) < 4.78 is 0. The van der Waals surface area contributed by atoms with Crippen molar-refractivity contribution >= 4 is 0 Å². The number of allylic oxidation sites excluding steroid dienone is 4. The Balaban J connectivity index is 0.000000103. The molecule has 0 heterocycles. The average molecular weight is 256 g/mol. The van der Waals surface area contributed by atoms with Crippen molar-refractivity contribution < 1.29 is 0 Å². The van der Waals surface area contributed by atoms with Gasteiger partial charge in [0.2, 0.25) is 0 Å². The Hall–Kier alpha value is -0.520. The summed E-state index contributed by atoms with van der Waals surface area (Å²) in [6.45, 7) is 0. The summed E-state index contributed by atoms with van der Waals surface area (Å²) in [5, 5.41) is 0. The second-order valence-electron chi connectivity index (χ2n) is 7.62. The van der Waals surface area contributed by atoms with Crippen molar-refractivity contribution in [1.29, 1.82) is 0 Å². The van der Waals surface area contributed by atoms with Crippen LogP contribution in [0.2, 0.25) is 0 Å². The van der Waals surface area contributed by atoms with Crippen molar-refractivity contribution in [2.24, 2.45) is 35.5 Å². The third-order valence-electron chi connectivity index (χ3n) is 6.79. The van der Waals surface area contributed by atoms with Gasteiger partial charge in [0, 0.05) is 0 Å². The molecule has 0 aromatic carbocycles. The van der Waals surface area contributed by atoms with E-state index in [1.807, 2.05) is 0 Å². The van der Waals surface area contributed by atoms with Crippen molar-refractivity contribution in [1.82, 2.24) is 0 Å². The highest BCUT2D eigenvalue weighted by molar-refractivity contribution is 5.08. The SMILES string of the molecule is C1=CCC2CC=CC2C1.C1CC2C3CCC(C3)C2C1. The van der Waals surface area contributed by atoms with Gasteiger partial charge < -0.3 is 0 Å². The van der Waals surface area contributed by atoms with E-state index in [1.165, 1.54) is 42.9 Å². The lowest BCUT2D eigenvalue weighted by atomic mass is 9.82. The molecule has 5 aliphatic rings. The highest BCUT2D eigenvalue weighted by atomic mass is 14.5. The fraction of sp³-hybridized carbons (Fsp3) is 0.789. The van der Waals surface area contributed by atoms with Gasteiger partial charge in [-0.2, -0.15) is 0 Å². The van der Waals surface area contributed by atoms with Crippen LogP contribution in [0.4, 0.5) is 0 Å². The molecule has 0 amide bonds. The second kappa shape index (κ2) is 5.11. The Kier molecular flexibility index (Phi) is 3.29. The molecule has 6 unspecified atom stereocenters. The highest BCUT2D eigenvalue weighted by Crippen LogP contribution is 2.58. The molecule has 104 valence electrons. The van der Waals surface area contributed by atoms with E-state index in [0.717, 1.165) is 11.8 Å². The van der Waals surface area contributed by atoms with Crippen LogP contribution in [0.3, 0.4) is 0 Å². The fourth-order valence-corrected chi connectivity index (χ4v) is 5.84. The molecule has 0 aliphatic heterocycles. The van der Waals surface area contributed by atoms with Crippen LogP contribution >= 0.6 is 0 Å². The van der Waals surface area contributed by atoms with Gasteiger partial charge in [0.25, 0.3) is 0 Å². The van der Waals surface area contributed by atoms with E-state index >= 15 is 0 Å². The summed E-state index contributed by atoms with van der Waals surface area (Å²) in [5.74, 6) is 6.66. The van der Waals surface area contributed by atoms with Gasteiger partial charge >= 0.3 is 0 Å². The lowest BCUT2D eigenvalue weighted by Gasteiger charge is -2.23. The lowest BCUT2D eigenvalue weighted by Crippen LogP contribution is -2.15. The van der Waals surface area contributed by atoms with Gasteiger partial charge in [-0.15, -0.1) is 0 Å². The van der Waals surface area contributed by atoms with Crippen LogP contribution in [0.25, 0.3) is 0 Å². The minimum atomic E-state index is 0.898. The Labute approximate surface area is 118 Å². The van der Waals surface area contributed by atoms with E-state index in [-0.39, 0.29) is 0 Å². The van der Waals surface area contributed by atoms with Crippen molar-refractivity contribution in [3.63, 3.8) is 0 Å². The van der Waals surface area contributed by atoms with E-state index in [9.17, 15) is 0 Å². The van der Waals surface area contributed by atoms with Crippen molar-refractivity contribution in [3.8, 4) is 0 Å². The maximum Gasteiger partial charge on any atom is -0.0165 e. The van der Waals surface area contributed by atoms with E-state index < -0.39 is 0 Å². The second-order valence-corrected chi connectivity index (χ2v) is 7.62. The summed E-state index contributed by atoms with van der Waals surface area (Å²) in [5.41, 5.74) is 0. The molecule has 3 fully saturated rings. The number of hydrogen-bond acceptors (Lipinski definition) is 0. The highest BCUT2D eigenvalue weighted by Gasteiger charge is 2.48. The Morgan fingerprint density at radius 3 is 2.05 bits per heavy atom. The molecule has 2 bridgehead atoms. The van der Waals surface area contributed by atoms with Crippen LogP contribution in [0.15, 0.2) is 24.3 Å². The summed E-state index contributed by atoms with van der Waals surface area (Å²) in [6.07, 6.45) is 22.8. The summed E-state index contributed by atoms with van der Waals surface area (Å²) >= 11 is 0. The molecule has 0 radical (unpaired) electrons. The zero-order valence-corrected chi connectivity index (χ0v) is 12.1. The molecule has 0 saturated heterocycles. The van der Waals surface area contributed by atoms with Crippen LogP contribution in [-0.2, 0) is 0 Å². The zero-order valence-electron chi connectivity index (χ0n) is 12.1. The Morgan fingerprint density at radius 2 is 1.32 bits per heavy atom. The molecule has 5 rings (SSSR count). The van der Waals surface area contributed by atoms with Crippen LogP contribution in [0.1, 0.15) is 57.8 Å². The van der Waals surface area contributed by atoms with Gasteiger partial charge in [-0.25, -0.2) is 0 Å². The molecule has 3 saturated carbocycles. The molecule has 0 aromatic heterocycles. The first-order chi connectivity index (χ1) is 9.42. The third-order valence-corrected chi connectivity index (χ3v) is 6.79. The average Bonchev–Trinajstić information content (AvgIpc) is 3.21. The molecule has 0 nitrogen and oxygen atoms in total. The molecule has 5 aliphatic carbocycles. The molecular weight excluding hydrogens is 228 g/mol. The summed E-state index contributed by atoms with van der Waals surface area (Å²) in [4.78, 5) is 0. The van der Waals surface area contributed by atoms with E-state index in [0.29, 0.717) is 0 Å². The molecular formula is C19H28. The first-order valence-corrected chi connectivity index (χ1v) is 8.73. The first kappa shape index (κ1) is 12.2. The Morgan fingerprint density at radius 1 is 0.632 bits per heavy atom. The molecule has 19 heavy (non-hydrogen) atoms. The minimum Gasteiger partial charge on any atom is -0.0882 e. The smallest absolute Gasteiger partial charge is 0.0165 e. The lowest BCUT2D eigenvalue weighted by molar-refractivity contribution is 0.259. The van der Waals surface area contributed by atoms with Gasteiger partial charge in [0.05, 0.1) is 0 Å². The van der Waals surface area contributed by atoms with Crippen LogP contribution in [0.5, 0.6) is 0 Å². The van der Waals surface area contributed by atoms with Gasteiger partial charge in [-0.05, 0) is 86.9 Å². The van der Waals surface area contributed by atoms with Crippen LogP contribution < -0.4 is 0 Å². The van der Waals surface area contributed by atoms with Crippen molar-refractivity contribution in [3.05, 3.63) is 24.3 Å². The fourth-order valence-electron chi connectivity index (χ4n) is 5.84. The van der Waals surface area contributed by atoms with Crippen molar-refractivity contribution in [2.75, 3.05) is 0 Å². The molecule has 6 atom stereocenters. The number of fused-ring (bicyclic) bond motifs is 6. The maximum atomic E-state index is 2.38. The monoisotopic (exact) mass is 256 g/mol. The number of hydrogen-bond donors (Lipinski definition) is 0. The van der Waals surface area contributed by atoms with E-state index in [2.05, 4.69) is 24.3 Å². The topological polar surface area (TPSA) is 0 Å².